The van der Waals surface area contributed by atoms with Crippen molar-refractivity contribution in [3.05, 3.63) is 70.8 Å². The molecule has 1 nitrogen and oxygen atoms in total. The van der Waals surface area contributed by atoms with Gasteiger partial charge in [0.1, 0.15) is 0 Å². The Hall–Kier alpha value is -1.42. The lowest BCUT2D eigenvalue weighted by Crippen LogP contribution is -2.14. The van der Waals surface area contributed by atoms with E-state index in [2.05, 4.69) is 76.2 Å². The molecule has 27 heavy (non-hydrogen) atoms. The van der Waals surface area contributed by atoms with Crippen molar-refractivity contribution < 1.29 is 4.74 Å². The summed E-state index contributed by atoms with van der Waals surface area (Å²) < 4.78 is 5.77. The summed E-state index contributed by atoms with van der Waals surface area (Å²) in [5.74, 6) is 1.32. The van der Waals surface area contributed by atoms with Gasteiger partial charge < -0.3 is 4.74 Å². The fraction of sp³-hybridized carbons (Fsp3) is 0.417. The number of thiocarbonyl (C=S) groups is 2. The van der Waals surface area contributed by atoms with Crippen LogP contribution < -0.4 is 0 Å². The maximum atomic E-state index is 5.77. The highest BCUT2D eigenvalue weighted by Crippen LogP contribution is 2.13. The summed E-state index contributed by atoms with van der Waals surface area (Å²) in [5, 5.41) is 0. The summed E-state index contributed by atoms with van der Waals surface area (Å²) in [5.41, 5.74) is 4.81. The average Bonchev–Trinajstić information content (AvgIpc) is 2.61. The van der Waals surface area contributed by atoms with Crippen molar-refractivity contribution >= 4 is 34.2 Å². The van der Waals surface area contributed by atoms with E-state index in [1.54, 1.807) is 0 Å². The summed E-state index contributed by atoms with van der Waals surface area (Å²) in [6, 6.07) is 17.0. The van der Waals surface area contributed by atoms with Crippen molar-refractivity contribution in [2.75, 3.05) is 13.2 Å². The zero-order valence-corrected chi connectivity index (χ0v) is 18.5. The van der Waals surface area contributed by atoms with Gasteiger partial charge in [-0.3, -0.25) is 0 Å². The molecule has 0 unspecified atom stereocenters. The second-order valence-electron chi connectivity index (χ2n) is 7.93. The first-order chi connectivity index (χ1) is 12.8. The predicted molar refractivity (Wildman–Crippen MR) is 124 cm³/mol. The van der Waals surface area contributed by atoms with Crippen molar-refractivity contribution in [2.45, 2.75) is 40.5 Å². The number of hydrogen-bond donors (Lipinski definition) is 0. The summed E-state index contributed by atoms with van der Waals surface area (Å²) in [6.07, 6.45) is 2.18. The molecule has 0 N–H and O–H groups in total. The van der Waals surface area contributed by atoms with Gasteiger partial charge in [0.15, 0.2) is 0 Å². The van der Waals surface area contributed by atoms with E-state index in [0.717, 1.165) is 33.7 Å². The van der Waals surface area contributed by atoms with Crippen LogP contribution in [0.1, 0.15) is 49.9 Å². The fourth-order valence-electron chi connectivity index (χ4n) is 3.00. The molecule has 0 aliphatic carbocycles. The third-order valence-electron chi connectivity index (χ3n) is 4.31. The van der Waals surface area contributed by atoms with Gasteiger partial charge in [-0.05, 0) is 46.9 Å². The van der Waals surface area contributed by atoms with E-state index in [1.165, 1.54) is 11.1 Å². The molecule has 0 radical (unpaired) electrons. The molecule has 0 bridgehead atoms. The molecule has 0 saturated heterocycles. The van der Waals surface area contributed by atoms with Gasteiger partial charge in [-0.2, -0.15) is 0 Å². The molecule has 0 fully saturated rings. The molecule has 0 aliphatic rings. The minimum atomic E-state index is 0.421. The van der Waals surface area contributed by atoms with Crippen LogP contribution in [-0.4, -0.2) is 22.9 Å². The van der Waals surface area contributed by atoms with Gasteiger partial charge in [-0.15, -0.1) is 0 Å². The fourth-order valence-corrected chi connectivity index (χ4v) is 3.44. The van der Waals surface area contributed by atoms with Crippen molar-refractivity contribution in [1.82, 2.24) is 0 Å². The van der Waals surface area contributed by atoms with Crippen LogP contribution in [0.3, 0.4) is 0 Å². The van der Waals surface area contributed by atoms with E-state index >= 15 is 0 Å². The Morgan fingerprint density at radius 1 is 0.667 bits per heavy atom. The summed E-state index contributed by atoms with van der Waals surface area (Å²) in [6.45, 7) is 9.76. The van der Waals surface area contributed by atoms with Crippen LogP contribution in [0.4, 0.5) is 0 Å². The van der Waals surface area contributed by atoms with Crippen LogP contribution >= 0.6 is 24.4 Å². The first-order valence-corrected chi connectivity index (χ1v) is 10.5. The highest BCUT2D eigenvalue weighted by atomic mass is 32.1. The van der Waals surface area contributed by atoms with Crippen LogP contribution in [0.5, 0.6) is 0 Å². The van der Waals surface area contributed by atoms with Crippen LogP contribution in [-0.2, 0) is 17.6 Å². The summed E-state index contributed by atoms with van der Waals surface area (Å²) in [4.78, 5) is 1.64. The normalized spacial score (nSPS) is 11.2. The summed E-state index contributed by atoms with van der Waals surface area (Å²) in [7, 11) is 0. The first-order valence-electron chi connectivity index (χ1n) is 9.67. The third-order valence-corrected chi connectivity index (χ3v) is 5.01. The molecule has 0 spiro atoms. The molecular formula is C24H30OS2. The van der Waals surface area contributed by atoms with Crippen LogP contribution in [0.15, 0.2) is 48.5 Å². The Bertz CT molecular complexity index is 677. The molecule has 0 aliphatic heterocycles. The standard InChI is InChI=1S/C24H30OS2/c1-17(2)13-19-5-9-21(10-6-19)23(26)15-25-16-24(27)22-11-7-20(8-12-22)14-18(3)4/h5-12,17-18H,13-16H2,1-4H3. The van der Waals surface area contributed by atoms with Crippen LogP contribution in [0.25, 0.3) is 0 Å². The summed E-state index contributed by atoms with van der Waals surface area (Å²) >= 11 is 11.0. The Balaban J connectivity index is 1.81. The van der Waals surface area contributed by atoms with E-state index in [4.69, 9.17) is 29.2 Å². The molecule has 144 valence electrons. The molecule has 2 aromatic carbocycles. The molecule has 0 heterocycles. The van der Waals surface area contributed by atoms with E-state index in [9.17, 15) is 0 Å². The maximum Gasteiger partial charge on any atom is 0.0828 e. The van der Waals surface area contributed by atoms with Crippen molar-refractivity contribution in [2.24, 2.45) is 11.8 Å². The van der Waals surface area contributed by atoms with Gasteiger partial charge in [0, 0.05) is 9.73 Å². The molecule has 2 rings (SSSR count). The van der Waals surface area contributed by atoms with Gasteiger partial charge in [-0.1, -0.05) is 101 Å². The highest BCUT2D eigenvalue weighted by molar-refractivity contribution is 7.81. The van der Waals surface area contributed by atoms with Crippen molar-refractivity contribution in [3.63, 3.8) is 0 Å². The van der Waals surface area contributed by atoms with Crippen LogP contribution in [0, 0.1) is 11.8 Å². The Morgan fingerprint density at radius 3 is 1.30 bits per heavy atom. The Kier molecular flexibility index (Phi) is 8.75. The molecule has 2 aromatic rings. The van der Waals surface area contributed by atoms with Crippen molar-refractivity contribution in [1.29, 1.82) is 0 Å². The highest BCUT2D eigenvalue weighted by Gasteiger charge is 2.06. The minimum Gasteiger partial charge on any atom is -0.370 e. The van der Waals surface area contributed by atoms with E-state index in [0.29, 0.717) is 25.0 Å². The molecule has 0 amide bonds. The lowest BCUT2D eigenvalue weighted by molar-refractivity contribution is 0.218. The van der Waals surface area contributed by atoms with Crippen molar-refractivity contribution in [3.8, 4) is 0 Å². The van der Waals surface area contributed by atoms with Gasteiger partial charge in [0.2, 0.25) is 0 Å². The second kappa shape index (κ2) is 10.8. The quantitative estimate of drug-likeness (QED) is 0.346. The first kappa shape index (κ1) is 21.9. The van der Waals surface area contributed by atoms with Crippen LogP contribution in [0.2, 0.25) is 0 Å². The predicted octanol–water partition coefficient (Wildman–Crippen LogP) is 6.24. The van der Waals surface area contributed by atoms with Gasteiger partial charge in [0.25, 0.3) is 0 Å². The zero-order chi connectivity index (χ0) is 19.8. The minimum absolute atomic E-state index is 0.421. The van der Waals surface area contributed by atoms with E-state index in [1.807, 2.05) is 0 Å². The van der Waals surface area contributed by atoms with Gasteiger partial charge in [-0.25, -0.2) is 0 Å². The van der Waals surface area contributed by atoms with E-state index in [-0.39, 0.29) is 0 Å². The lowest BCUT2D eigenvalue weighted by Gasteiger charge is -2.10. The lowest BCUT2D eigenvalue weighted by atomic mass is 10.0. The zero-order valence-electron chi connectivity index (χ0n) is 16.8. The molecule has 0 saturated carbocycles. The Labute approximate surface area is 175 Å². The average molecular weight is 399 g/mol. The smallest absolute Gasteiger partial charge is 0.0828 e. The molecule has 3 heteroatoms. The third kappa shape index (κ3) is 7.61. The van der Waals surface area contributed by atoms with Gasteiger partial charge >= 0.3 is 0 Å². The Morgan fingerprint density at radius 2 is 1.00 bits per heavy atom. The molecular weight excluding hydrogens is 368 g/mol. The SMILES string of the molecule is CC(C)Cc1ccc(C(=S)COCC(=S)c2ccc(CC(C)C)cc2)cc1. The van der Waals surface area contributed by atoms with E-state index < -0.39 is 0 Å². The second-order valence-corrected chi connectivity index (χ2v) is 8.91. The number of ether oxygens (including phenoxy) is 1. The molecule has 0 atom stereocenters. The topological polar surface area (TPSA) is 9.23 Å². The number of benzene rings is 2. The molecule has 0 aromatic heterocycles. The number of rotatable bonds is 10. The number of hydrogen-bond acceptors (Lipinski definition) is 3. The monoisotopic (exact) mass is 398 g/mol. The largest absolute Gasteiger partial charge is 0.370 e. The van der Waals surface area contributed by atoms with Gasteiger partial charge in [0.05, 0.1) is 13.2 Å². The maximum absolute atomic E-state index is 5.77.